The van der Waals surface area contributed by atoms with Crippen LogP contribution >= 0.6 is 0 Å². The fourth-order valence-electron chi connectivity index (χ4n) is 3.72. The molecule has 4 aromatic rings. The number of aryl methyl sites for hydroxylation is 1. The van der Waals surface area contributed by atoms with Crippen LogP contribution in [0.2, 0.25) is 0 Å². The minimum Gasteiger partial charge on any atom is -0.392 e. The van der Waals surface area contributed by atoms with E-state index < -0.39 is 5.76 Å². The highest BCUT2D eigenvalue weighted by Crippen LogP contribution is 2.35. The van der Waals surface area contributed by atoms with Gasteiger partial charge < -0.3 is 9.73 Å². The summed E-state index contributed by atoms with van der Waals surface area (Å²) in [6, 6.07) is 26.2. The molecule has 5 rings (SSSR count). The molecule has 1 aliphatic heterocycles. The van der Waals surface area contributed by atoms with E-state index in [1.807, 2.05) is 48.5 Å². The van der Waals surface area contributed by atoms with Crippen molar-refractivity contribution in [1.82, 2.24) is 9.78 Å². The standard InChI is InChI=1S/C24H20N4O2/c1-16-27-28(24(29)30-16)19-13-11-18(12-14-19)23-15-22(17-7-3-2-4-8-17)25-20-9-5-6-10-21(20)26-23/h2-14,22,25H,15H2,1H3. The van der Waals surface area contributed by atoms with Gasteiger partial charge >= 0.3 is 5.76 Å². The molecule has 0 fully saturated rings. The topological polar surface area (TPSA) is 72.4 Å². The largest absolute Gasteiger partial charge is 0.441 e. The van der Waals surface area contributed by atoms with Crippen molar-refractivity contribution >= 4 is 17.1 Å². The SMILES string of the molecule is Cc1nn(-c2ccc(C3=Nc4ccccc4NC(c4ccccc4)C3)cc2)c(=O)o1. The summed E-state index contributed by atoms with van der Waals surface area (Å²) in [5.41, 5.74) is 5.79. The number of aromatic nitrogens is 2. The molecule has 148 valence electrons. The van der Waals surface area contributed by atoms with Crippen molar-refractivity contribution in [2.24, 2.45) is 4.99 Å². The Balaban J connectivity index is 1.54. The number of para-hydroxylation sites is 2. The van der Waals surface area contributed by atoms with Crippen LogP contribution in [0.15, 0.2) is 93.1 Å². The lowest BCUT2D eigenvalue weighted by Gasteiger charge is -2.19. The van der Waals surface area contributed by atoms with Crippen LogP contribution in [0.1, 0.15) is 29.5 Å². The van der Waals surface area contributed by atoms with Crippen LogP contribution < -0.4 is 11.1 Å². The molecule has 0 radical (unpaired) electrons. The Morgan fingerprint density at radius 2 is 1.70 bits per heavy atom. The lowest BCUT2D eigenvalue weighted by molar-refractivity contribution is 0.477. The van der Waals surface area contributed by atoms with E-state index in [9.17, 15) is 4.79 Å². The maximum atomic E-state index is 11.9. The molecule has 1 aliphatic rings. The van der Waals surface area contributed by atoms with Gasteiger partial charge in [-0.1, -0.05) is 54.6 Å². The van der Waals surface area contributed by atoms with Gasteiger partial charge in [-0.05, 0) is 35.4 Å². The predicted molar refractivity (Wildman–Crippen MR) is 117 cm³/mol. The van der Waals surface area contributed by atoms with E-state index in [4.69, 9.17) is 9.41 Å². The Morgan fingerprint density at radius 1 is 0.967 bits per heavy atom. The van der Waals surface area contributed by atoms with E-state index in [0.717, 1.165) is 29.1 Å². The zero-order valence-corrected chi connectivity index (χ0v) is 16.4. The molecule has 1 atom stereocenters. The predicted octanol–water partition coefficient (Wildman–Crippen LogP) is 4.81. The molecule has 1 unspecified atom stereocenters. The third-order valence-electron chi connectivity index (χ3n) is 5.18. The normalized spacial score (nSPS) is 15.6. The third kappa shape index (κ3) is 3.43. The van der Waals surface area contributed by atoms with E-state index in [0.29, 0.717) is 11.6 Å². The summed E-state index contributed by atoms with van der Waals surface area (Å²) < 4.78 is 6.26. The Hall–Kier alpha value is -3.93. The number of benzene rings is 3. The average molecular weight is 396 g/mol. The molecule has 30 heavy (non-hydrogen) atoms. The Labute approximate surface area is 173 Å². The molecule has 0 spiro atoms. The molecule has 0 bridgehead atoms. The van der Waals surface area contributed by atoms with Gasteiger partial charge in [-0.15, -0.1) is 5.10 Å². The highest BCUT2D eigenvalue weighted by Gasteiger charge is 2.21. The molecule has 2 heterocycles. The number of rotatable bonds is 3. The van der Waals surface area contributed by atoms with Gasteiger partial charge in [0, 0.05) is 13.3 Å². The lowest BCUT2D eigenvalue weighted by atomic mass is 9.97. The summed E-state index contributed by atoms with van der Waals surface area (Å²) in [5, 5.41) is 7.76. The third-order valence-corrected chi connectivity index (χ3v) is 5.18. The minimum absolute atomic E-state index is 0.106. The Bertz CT molecular complexity index is 1270. The highest BCUT2D eigenvalue weighted by molar-refractivity contribution is 6.04. The molecular weight excluding hydrogens is 376 g/mol. The second-order valence-corrected chi connectivity index (χ2v) is 7.23. The first-order valence-corrected chi connectivity index (χ1v) is 9.83. The van der Waals surface area contributed by atoms with Crippen LogP contribution in [-0.4, -0.2) is 15.5 Å². The van der Waals surface area contributed by atoms with Crippen molar-refractivity contribution in [1.29, 1.82) is 0 Å². The van der Waals surface area contributed by atoms with E-state index in [-0.39, 0.29) is 6.04 Å². The summed E-state index contributed by atoms with van der Waals surface area (Å²) in [4.78, 5) is 16.9. The van der Waals surface area contributed by atoms with Crippen LogP contribution in [0.25, 0.3) is 5.69 Å². The summed E-state index contributed by atoms with van der Waals surface area (Å²) in [6.45, 7) is 1.65. The molecule has 6 heteroatoms. The molecule has 1 N–H and O–H groups in total. The van der Waals surface area contributed by atoms with Gasteiger partial charge in [0.15, 0.2) is 0 Å². The van der Waals surface area contributed by atoms with Crippen LogP contribution in [0.3, 0.4) is 0 Å². The molecule has 0 saturated carbocycles. The molecule has 6 nitrogen and oxygen atoms in total. The monoisotopic (exact) mass is 396 g/mol. The molecular formula is C24H20N4O2. The first-order chi connectivity index (χ1) is 14.7. The van der Waals surface area contributed by atoms with Crippen molar-refractivity contribution in [3.63, 3.8) is 0 Å². The smallest absolute Gasteiger partial charge is 0.392 e. The Kier molecular flexibility index (Phi) is 4.52. The number of aliphatic imine (C=N–C) groups is 1. The van der Waals surface area contributed by atoms with Crippen LogP contribution in [0.4, 0.5) is 11.4 Å². The minimum atomic E-state index is -0.491. The number of hydrogen-bond acceptors (Lipinski definition) is 5. The fourth-order valence-corrected chi connectivity index (χ4v) is 3.72. The van der Waals surface area contributed by atoms with E-state index in [1.165, 1.54) is 10.2 Å². The summed E-state index contributed by atoms with van der Waals surface area (Å²) >= 11 is 0. The fraction of sp³-hybridized carbons (Fsp3) is 0.125. The second-order valence-electron chi connectivity index (χ2n) is 7.23. The highest BCUT2D eigenvalue weighted by atomic mass is 16.4. The van der Waals surface area contributed by atoms with E-state index in [1.54, 1.807) is 6.92 Å². The van der Waals surface area contributed by atoms with Crippen molar-refractivity contribution in [2.45, 2.75) is 19.4 Å². The van der Waals surface area contributed by atoms with Crippen LogP contribution in [0.5, 0.6) is 0 Å². The van der Waals surface area contributed by atoms with Gasteiger partial charge in [0.05, 0.1) is 28.8 Å². The summed E-state index contributed by atoms with van der Waals surface area (Å²) in [5.74, 6) is -0.153. The number of nitrogens with one attached hydrogen (secondary N) is 1. The van der Waals surface area contributed by atoms with Gasteiger partial charge in [0.2, 0.25) is 5.89 Å². The molecule has 0 saturated heterocycles. The maximum Gasteiger partial charge on any atom is 0.441 e. The average Bonchev–Trinajstić information content (AvgIpc) is 3.00. The van der Waals surface area contributed by atoms with E-state index in [2.05, 4.69) is 40.7 Å². The van der Waals surface area contributed by atoms with Gasteiger partial charge in [-0.3, -0.25) is 4.99 Å². The quantitative estimate of drug-likeness (QED) is 0.539. The zero-order chi connectivity index (χ0) is 20.5. The first-order valence-electron chi connectivity index (χ1n) is 9.83. The number of anilines is 1. The summed E-state index contributed by atoms with van der Waals surface area (Å²) in [6.07, 6.45) is 0.737. The number of fused-ring (bicyclic) bond motifs is 1. The zero-order valence-electron chi connectivity index (χ0n) is 16.4. The van der Waals surface area contributed by atoms with Crippen molar-refractivity contribution in [2.75, 3.05) is 5.32 Å². The Morgan fingerprint density at radius 3 is 2.43 bits per heavy atom. The second kappa shape index (κ2) is 7.48. The van der Waals surface area contributed by atoms with Crippen LogP contribution in [-0.2, 0) is 0 Å². The number of nitrogens with zero attached hydrogens (tertiary/aromatic N) is 3. The molecule has 0 amide bonds. The lowest BCUT2D eigenvalue weighted by Crippen LogP contribution is -2.15. The van der Waals surface area contributed by atoms with Gasteiger partial charge in [0.1, 0.15) is 0 Å². The van der Waals surface area contributed by atoms with Crippen LogP contribution in [0, 0.1) is 6.92 Å². The van der Waals surface area contributed by atoms with Crippen molar-refractivity contribution in [3.05, 3.63) is 106 Å². The number of hydrogen-bond donors (Lipinski definition) is 1. The maximum absolute atomic E-state index is 11.9. The first kappa shape index (κ1) is 18.1. The molecule has 1 aromatic heterocycles. The van der Waals surface area contributed by atoms with Crippen molar-refractivity contribution < 1.29 is 4.42 Å². The van der Waals surface area contributed by atoms with Gasteiger partial charge in [0.25, 0.3) is 0 Å². The molecule has 3 aromatic carbocycles. The van der Waals surface area contributed by atoms with Gasteiger partial charge in [-0.25, -0.2) is 4.79 Å². The molecule has 0 aliphatic carbocycles. The van der Waals surface area contributed by atoms with Gasteiger partial charge in [-0.2, -0.15) is 4.68 Å². The van der Waals surface area contributed by atoms with E-state index >= 15 is 0 Å². The van der Waals surface area contributed by atoms with Crippen molar-refractivity contribution in [3.8, 4) is 5.69 Å². The summed E-state index contributed by atoms with van der Waals surface area (Å²) in [7, 11) is 0.